The average molecular weight is 349 g/mol. The molecule has 20 heavy (non-hydrogen) atoms. The maximum absolute atomic E-state index is 12.9. The van der Waals surface area contributed by atoms with Crippen LogP contribution in [-0.4, -0.2) is 22.0 Å². The van der Waals surface area contributed by atoms with Gasteiger partial charge in [0.25, 0.3) is 0 Å². The quantitative estimate of drug-likeness (QED) is 0.927. The molecule has 0 bridgehead atoms. The van der Waals surface area contributed by atoms with E-state index in [4.69, 9.17) is 0 Å². The normalized spacial score (nSPS) is 13.5. The molecule has 0 spiro atoms. The molecular weight excluding hydrogens is 337 g/mol. The molecule has 0 fully saturated rings. The number of nitrogens with zero attached hydrogens (tertiary/aromatic N) is 3. The lowest BCUT2D eigenvalue weighted by Crippen LogP contribution is -2.21. The molecular formula is C12H12BrF3N4. The van der Waals surface area contributed by atoms with Crippen molar-refractivity contribution in [2.75, 3.05) is 7.05 Å². The van der Waals surface area contributed by atoms with E-state index < -0.39 is 17.8 Å². The summed E-state index contributed by atoms with van der Waals surface area (Å²) < 4.78 is 40.4. The number of halogens is 4. The van der Waals surface area contributed by atoms with Crippen LogP contribution in [0.5, 0.6) is 0 Å². The average Bonchev–Trinajstić information content (AvgIpc) is 2.77. The van der Waals surface area contributed by atoms with E-state index >= 15 is 0 Å². The fourth-order valence-corrected chi connectivity index (χ4v) is 2.46. The minimum Gasteiger partial charge on any atom is -0.308 e. The van der Waals surface area contributed by atoms with Gasteiger partial charge in [-0.2, -0.15) is 13.2 Å². The van der Waals surface area contributed by atoms with Crippen LogP contribution in [0.2, 0.25) is 0 Å². The van der Waals surface area contributed by atoms with Crippen molar-refractivity contribution in [2.24, 2.45) is 7.05 Å². The van der Waals surface area contributed by atoms with Crippen molar-refractivity contribution in [2.45, 2.75) is 12.2 Å². The SMILES string of the molecule is CNC(c1ccc(Br)c(C(F)(F)F)c1)c1cnnn1C. The summed E-state index contributed by atoms with van der Waals surface area (Å²) in [5.74, 6) is 0. The molecule has 2 rings (SSSR count). The van der Waals surface area contributed by atoms with Crippen LogP contribution in [0, 0.1) is 0 Å². The third-order valence-electron chi connectivity index (χ3n) is 2.96. The standard InChI is InChI=1S/C12H12BrF3N4/c1-17-11(10-6-18-19-20(10)2)7-3-4-9(13)8(5-7)12(14,15)16/h3-6,11,17H,1-2H3. The molecule has 108 valence electrons. The summed E-state index contributed by atoms with van der Waals surface area (Å²) in [5, 5.41) is 10.5. The number of rotatable bonds is 3. The summed E-state index contributed by atoms with van der Waals surface area (Å²) in [7, 11) is 3.36. The topological polar surface area (TPSA) is 42.7 Å². The zero-order valence-corrected chi connectivity index (χ0v) is 12.3. The Hall–Kier alpha value is -1.41. The van der Waals surface area contributed by atoms with Gasteiger partial charge in [-0.05, 0) is 24.7 Å². The van der Waals surface area contributed by atoms with Crippen LogP contribution in [0.4, 0.5) is 13.2 Å². The molecule has 1 heterocycles. The van der Waals surface area contributed by atoms with Crippen molar-refractivity contribution in [1.29, 1.82) is 0 Å². The van der Waals surface area contributed by atoms with Gasteiger partial charge in [0, 0.05) is 11.5 Å². The van der Waals surface area contributed by atoms with Gasteiger partial charge in [0.15, 0.2) is 0 Å². The maximum atomic E-state index is 12.9. The molecule has 0 amide bonds. The van der Waals surface area contributed by atoms with E-state index in [-0.39, 0.29) is 4.47 Å². The number of hydrogen-bond acceptors (Lipinski definition) is 3. The van der Waals surface area contributed by atoms with E-state index in [1.807, 2.05) is 0 Å². The molecule has 1 aromatic heterocycles. The summed E-state index contributed by atoms with van der Waals surface area (Å²) in [5.41, 5.74) is 0.474. The first kappa shape index (κ1) is 15.0. The third-order valence-corrected chi connectivity index (χ3v) is 3.65. The van der Waals surface area contributed by atoms with E-state index in [1.54, 1.807) is 20.2 Å². The second-order valence-electron chi connectivity index (χ2n) is 4.24. The van der Waals surface area contributed by atoms with Crippen LogP contribution in [-0.2, 0) is 13.2 Å². The number of hydrogen-bond donors (Lipinski definition) is 1. The lowest BCUT2D eigenvalue weighted by molar-refractivity contribution is -0.138. The van der Waals surface area contributed by atoms with Crippen LogP contribution < -0.4 is 5.32 Å². The van der Waals surface area contributed by atoms with Crippen LogP contribution in [0.25, 0.3) is 0 Å². The monoisotopic (exact) mass is 348 g/mol. The Morgan fingerprint density at radius 3 is 2.55 bits per heavy atom. The summed E-state index contributed by atoms with van der Waals surface area (Å²) in [6.45, 7) is 0. The molecule has 0 aliphatic heterocycles. The highest BCUT2D eigenvalue weighted by molar-refractivity contribution is 9.10. The summed E-state index contributed by atoms with van der Waals surface area (Å²) in [4.78, 5) is 0. The van der Waals surface area contributed by atoms with Crippen LogP contribution in [0.15, 0.2) is 28.9 Å². The predicted octanol–water partition coefficient (Wildman–Crippen LogP) is 2.91. The summed E-state index contributed by atoms with van der Waals surface area (Å²) in [6, 6.07) is 3.74. The first-order valence-corrected chi connectivity index (χ1v) is 6.52. The molecule has 2 aromatic rings. The molecule has 0 aliphatic rings. The lowest BCUT2D eigenvalue weighted by Gasteiger charge is -2.18. The lowest BCUT2D eigenvalue weighted by atomic mass is 10.0. The zero-order chi connectivity index (χ0) is 14.9. The van der Waals surface area contributed by atoms with Crippen LogP contribution in [0.1, 0.15) is 22.9 Å². The Labute approximate surface area is 122 Å². The highest BCUT2D eigenvalue weighted by atomic mass is 79.9. The molecule has 1 N–H and O–H groups in total. The van der Waals surface area contributed by atoms with Crippen molar-refractivity contribution in [3.8, 4) is 0 Å². The molecule has 0 saturated carbocycles. The van der Waals surface area contributed by atoms with Crippen molar-refractivity contribution < 1.29 is 13.2 Å². The molecule has 1 atom stereocenters. The van der Waals surface area contributed by atoms with Crippen molar-refractivity contribution >= 4 is 15.9 Å². The van der Waals surface area contributed by atoms with E-state index in [0.29, 0.717) is 11.3 Å². The molecule has 4 nitrogen and oxygen atoms in total. The first-order chi connectivity index (χ1) is 9.34. The first-order valence-electron chi connectivity index (χ1n) is 5.73. The Balaban J connectivity index is 2.49. The van der Waals surface area contributed by atoms with E-state index in [0.717, 1.165) is 6.07 Å². The van der Waals surface area contributed by atoms with Gasteiger partial charge in [-0.3, -0.25) is 4.68 Å². The van der Waals surface area contributed by atoms with Gasteiger partial charge in [0.1, 0.15) is 0 Å². The van der Waals surface area contributed by atoms with Gasteiger partial charge in [-0.1, -0.05) is 27.2 Å². The molecule has 0 aliphatic carbocycles. The van der Waals surface area contributed by atoms with Gasteiger partial charge < -0.3 is 5.32 Å². The van der Waals surface area contributed by atoms with Crippen molar-refractivity contribution in [3.05, 3.63) is 45.7 Å². The van der Waals surface area contributed by atoms with Crippen molar-refractivity contribution in [3.63, 3.8) is 0 Å². The second-order valence-corrected chi connectivity index (χ2v) is 5.10. The summed E-state index contributed by atoms with van der Waals surface area (Å²) >= 11 is 2.93. The Morgan fingerprint density at radius 1 is 1.35 bits per heavy atom. The number of alkyl halides is 3. The Morgan fingerprint density at radius 2 is 2.05 bits per heavy atom. The third kappa shape index (κ3) is 2.85. The maximum Gasteiger partial charge on any atom is 0.417 e. The van der Waals surface area contributed by atoms with Gasteiger partial charge in [-0.25, -0.2) is 0 Å². The zero-order valence-electron chi connectivity index (χ0n) is 10.7. The van der Waals surface area contributed by atoms with Crippen LogP contribution >= 0.6 is 15.9 Å². The highest BCUT2D eigenvalue weighted by Crippen LogP contribution is 2.36. The van der Waals surface area contributed by atoms with Crippen LogP contribution in [0.3, 0.4) is 0 Å². The minimum absolute atomic E-state index is 0.0201. The largest absolute Gasteiger partial charge is 0.417 e. The molecule has 8 heteroatoms. The number of aromatic nitrogens is 3. The summed E-state index contributed by atoms with van der Waals surface area (Å²) in [6.07, 6.45) is -2.88. The van der Waals surface area contributed by atoms with E-state index in [9.17, 15) is 13.2 Å². The number of benzene rings is 1. The van der Waals surface area contributed by atoms with Crippen molar-refractivity contribution in [1.82, 2.24) is 20.3 Å². The smallest absolute Gasteiger partial charge is 0.308 e. The van der Waals surface area contributed by atoms with E-state index in [2.05, 4.69) is 31.6 Å². The minimum atomic E-state index is -4.40. The van der Waals surface area contributed by atoms with Gasteiger partial charge in [0.2, 0.25) is 0 Å². The fraction of sp³-hybridized carbons (Fsp3) is 0.333. The van der Waals surface area contributed by atoms with Gasteiger partial charge >= 0.3 is 6.18 Å². The number of aryl methyl sites for hydroxylation is 1. The molecule has 1 unspecified atom stereocenters. The highest BCUT2D eigenvalue weighted by Gasteiger charge is 2.33. The fourth-order valence-electron chi connectivity index (χ4n) is 1.98. The Kier molecular flexibility index (Phi) is 4.14. The Bertz CT molecular complexity index is 609. The van der Waals surface area contributed by atoms with Gasteiger partial charge in [-0.15, -0.1) is 5.10 Å². The molecule has 1 aromatic carbocycles. The van der Waals surface area contributed by atoms with E-state index in [1.165, 1.54) is 16.9 Å². The molecule has 0 radical (unpaired) electrons. The van der Waals surface area contributed by atoms with Gasteiger partial charge in [0.05, 0.1) is 23.5 Å². The second kappa shape index (κ2) is 5.53. The molecule has 0 saturated heterocycles. The number of nitrogens with one attached hydrogen (secondary N) is 1. The predicted molar refractivity (Wildman–Crippen MR) is 71.0 cm³/mol.